The number of piperazine rings is 1. The lowest BCUT2D eigenvalue weighted by molar-refractivity contribution is -0.123. The van der Waals surface area contributed by atoms with Crippen LogP contribution in [0.25, 0.3) is 0 Å². The molecule has 5 heteroatoms. The van der Waals surface area contributed by atoms with Crippen molar-refractivity contribution in [3.05, 3.63) is 29.3 Å². The first-order valence-corrected chi connectivity index (χ1v) is 9.93. The Balaban J connectivity index is 1.45. The Hall–Kier alpha value is -1.26. The van der Waals surface area contributed by atoms with E-state index in [4.69, 9.17) is 11.6 Å². The minimum absolute atomic E-state index is 0.183. The van der Waals surface area contributed by atoms with Crippen molar-refractivity contribution < 1.29 is 4.79 Å². The van der Waals surface area contributed by atoms with Crippen LogP contribution in [0.3, 0.4) is 0 Å². The predicted octanol–water partition coefficient (Wildman–Crippen LogP) is 3.40. The lowest BCUT2D eigenvalue weighted by Crippen LogP contribution is -2.52. The van der Waals surface area contributed by atoms with Gasteiger partial charge in [0, 0.05) is 42.9 Å². The molecule has 1 amide bonds. The summed E-state index contributed by atoms with van der Waals surface area (Å²) in [5.41, 5.74) is 1.17. The lowest BCUT2D eigenvalue weighted by atomic mass is 9.78. The summed E-state index contributed by atoms with van der Waals surface area (Å²) >= 11 is 6.09. The molecule has 3 rings (SSSR count). The molecule has 0 spiro atoms. The number of hydrogen-bond donors (Lipinski definition) is 1. The number of rotatable bonds is 4. The standard InChI is InChI=1S/C20H30ClN3O/c1-15-5-3-8-19(16(15)2)22-20(25)14-23-9-11-24(12-10-23)18-7-4-6-17(21)13-18/h4,6-7,13,15-16,19H,3,5,8-12,14H2,1-2H3,(H,22,25)/t15-,16-,19-/m1/s1. The molecule has 1 saturated heterocycles. The summed E-state index contributed by atoms with van der Waals surface area (Å²) < 4.78 is 0. The van der Waals surface area contributed by atoms with Gasteiger partial charge in [0.1, 0.15) is 0 Å². The Kier molecular flexibility index (Phi) is 6.24. The van der Waals surface area contributed by atoms with Crippen LogP contribution >= 0.6 is 11.6 Å². The van der Waals surface area contributed by atoms with Crippen LogP contribution in [0, 0.1) is 11.8 Å². The van der Waals surface area contributed by atoms with Gasteiger partial charge in [-0.3, -0.25) is 9.69 Å². The minimum Gasteiger partial charge on any atom is -0.369 e. The first-order chi connectivity index (χ1) is 12.0. The van der Waals surface area contributed by atoms with Crippen LogP contribution in [0.1, 0.15) is 33.1 Å². The van der Waals surface area contributed by atoms with E-state index in [1.165, 1.54) is 18.5 Å². The van der Waals surface area contributed by atoms with Crippen LogP contribution in [-0.2, 0) is 4.79 Å². The third-order valence-corrected chi connectivity index (χ3v) is 6.20. The Morgan fingerprint density at radius 2 is 1.96 bits per heavy atom. The molecule has 1 aliphatic carbocycles. The van der Waals surface area contributed by atoms with E-state index in [9.17, 15) is 4.79 Å². The van der Waals surface area contributed by atoms with E-state index in [2.05, 4.69) is 35.0 Å². The van der Waals surface area contributed by atoms with Gasteiger partial charge in [0.25, 0.3) is 0 Å². The number of nitrogens with zero attached hydrogens (tertiary/aromatic N) is 2. The van der Waals surface area contributed by atoms with E-state index in [0.29, 0.717) is 24.4 Å². The van der Waals surface area contributed by atoms with Crippen LogP contribution in [-0.4, -0.2) is 49.6 Å². The SMILES string of the molecule is C[C@@H]1[C@H](C)CCC[C@H]1NC(=O)CN1CCN(c2cccc(Cl)c2)CC1. The molecule has 0 radical (unpaired) electrons. The van der Waals surface area contributed by atoms with Crippen LogP contribution in [0.15, 0.2) is 24.3 Å². The van der Waals surface area contributed by atoms with Gasteiger partial charge in [-0.2, -0.15) is 0 Å². The zero-order valence-electron chi connectivity index (χ0n) is 15.4. The summed E-state index contributed by atoms with van der Waals surface area (Å²) in [5.74, 6) is 1.47. The maximum absolute atomic E-state index is 12.4. The summed E-state index contributed by atoms with van der Waals surface area (Å²) in [6, 6.07) is 8.35. The molecular weight excluding hydrogens is 334 g/mol. The molecule has 4 nitrogen and oxygen atoms in total. The fourth-order valence-corrected chi connectivity index (χ4v) is 4.26. The number of amides is 1. The average Bonchev–Trinajstić information content (AvgIpc) is 2.60. The van der Waals surface area contributed by atoms with Gasteiger partial charge >= 0.3 is 0 Å². The maximum atomic E-state index is 12.4. The molecule has 25 heavy (non-hydrogen) atoms. The Morgan fingerprint density at radius 3 is 2.68 bits per heavy atom. The van der Waals surface area contributed by atoms with Crippen molar-refractivity contribution in [2.24, 2.45) is 11.8 Å². The average molecular weight is 364 g/mol. The van der Waals surface area contributed by atoms with Crippen molar-refractivity contribution in [2.75, 3.05) is 37.6 Å². The second kappa shape index (κ2) is 8.41. The van der Waals surface area contributed by atoms with Crippen LogP contribution in [0.5, 0.6) is 0 Å². The minimum atomic E-state index is 0.183. The summed E-state index contributed by atoms with van der Waals surface area (Å²) in [5, 5.41) is 4.06. The zero-order chi connectivity index (χ0) is 17.8. The maximum Gasteiger partial charge on any atom is 0.234 e. The molecule has 1 N–H and O–H groups in total. The van der Waals surface area contributed by atoms with Crippen molar-refractivity contribution in [1.82, 2.24) is 10.2 Å². The number of benzene rings is 1. The second-order valence-electron chi connectivity index (χ2n) is 7.68. The zero-order valence-corrected chi connectivity index (χ0v) is 16.1. The van der Waals surface area contributed by atoms with E-state index in [1.807, 2.05) is 18.2 Å². The number of hydrogen-bond acceptors (Lipinski definition) is 3. The monoisotopic (exact) mass is 363 g/mol. The van der Waals surface area contributed by atoms with E-state index in [-0.39, 0.29) is 5.91 Å². The van der Waals surface area contributed by atoms with Crippen molar-refractivity contribution in [2.45, 2.75) is 39.2 Å². The molecule has 1 aromatic rings. The third-order valence-electron chi connectivity index (χ3n) is 5.97. The van der Waals surface area contributed by atoms with Gasteiger partial charge in [-0.1, -0.05) is 44.4 Å². The molecule has 1 aromatic carbocycles. The van der Waals surface area contributed by atoms with Gasteiger partial charge in [0.15, 0.2) is 0 Å². The van der Waals surface area contributed by atoms with Crippen LogP contribution < -0.4 is 10.2 Å². The molecule has 138 valence electrons. The summed E-state index contributed by atoms with van der Waals surface area (Å²) in [4.78, 5) is 17.0. The fraction of sp³-hybridized carbons (Fsp3) is 0.650. The van der Waals surface area contributed by atoms with Gasteiger partial charge in [-0.05, 0) is 36.5 Å². The predicted molar refractivity (Wildman–Crippen MR) is 104 cm³/mol. The highest BCUT2D eigenvalue weighted by atomic mass is 35.5. The van der Waals surface area contributed by atoms with Crippen LogP contribution in [0.4, 0.5) is 5.69 Å². The molecule has 1 heterocycles. The van der Waals surface area contributed by atoms with Gasteiger partial charge in [0.05, 0.1) is 6.54 Å². The van der Waals surface area contributed by atoms with Gasteiger partial charge in [0.2, 0.25) is 5.91 Å². The van der Waals surface area contributed by atoms with Crippen molar-refractivity contribution in [3.63, 3.8) is 0 Å². The highest BCUT2D eigenvalue weighted by molar-refractivity contribution is 6.30. The smallest absolute Gasteiger partial charge is 0.234 e. The first kappa shape index (κ1) is 18.5. The van der Waals surface area contributed by atoms with Crippen molar-refractivity contribution in [3.8, 4) is 0 Å². The molecule has 0 bridgehead atoms. The topological polar surface area (TPSA) is 35.6 Å². The lowest BCUT2D eigenvalue weighted by Gasteiger charge is -2.37. The van der Waals surface area contributed by atoms with E-state index < -0.39 is 0 Å². The van der Waals surface area contributed by atoms with Crippen LogP contribution in [0.2, 0.25) is 5.02 Å². The summed E-state index contributed by atoms with van der Waals surface area (Å²) in [6.07, 6.45) is 3.65. The van der Waals surface area contributed by atoms with E-state index in [0.717, 1.165) is 37.6 Å². The molecular formula is C20H30ClN3O. The third kappa shape index (κ3) is 4.89. The normalized spacial score (nSPS) is 28.0. The number of carbonyl (C=O) groups excluding carboxylic acids is 1. The Labute approximate surface area is 156 Å². The van der Waals surface area contributed by atoms with Gasteiger partial charge in [-0.15, -0.1) is 0 Å². The second-order valence-corrected chi connectivity index (χ2v) is 8.12. The molecule has 1 saturated carbocycles. The molecule has 2 fully saturated rings. The van der Waals surface area contributed by atoms with Crippen molar-refractivity contribution in [1.29, 1.82) is 0 Å². The van der Waals surface area contributed by atoms with E-state index in [1.54, 1.807) is 0 Å². The molecule has 0 unspecified atom stereocenters. The molecule has 2 aliphatic rings. The fourth-order valence-electron chi connectivity index (χ4n) is 4.08. The molecule has 0 aromatic heterocycles. The number of halogens is 1. The highest BCUT2D eigenvalue weighted by Crippen LogP contribution is 2.29. The largest absolute Gasteiger partial charge is 0.369 e. The quantitative estimate of drug-likeness (QED) is 0.890. The highest BCUT2D eigenvalue weighted by Gasteiger charge is 2.28. The van der Waals surface area contributed by atoms with Gasteiger partial charge < -0.3 is 10.2 Å². The molecule has 3 atom stereocenters. The summed E-state index contributed by atoms with van der Waals surface area (Å²) in [7, 11) is 0. The van der Waals surface area contributed by atoms with E-state index >= 15 is 0 Å². The van der Waals surface area contributed by atoms with Gasteiger partial charge in [-0.25, -0.2) is 0 Å². The number of carbonyl (C=O) groups is 1. The Bertz CT molecular complexity index is 586. The molecule has 1 aliphatic heterocycles. The number of anilines is 1. The Morgan fingerprint density at radius 1 is 1.20 bits per heavy atom. The first-order valence-electron chi connectivity index (χ1n) is 9.55. The summed E-state index contributed by atoms with van der Waals surface area (Å²) in [6.45, 7) is 8.79. The number of nitrogens with one attached hydrogen (secondary N) is 1. The van der Waals surface area contributed by atoms with Crippen molar-refractivity contribution >= 4 is 23.2 Å².